The molecule has 1 aromatic heterocycles. The van der Waals surface area contributed by atoms with Crippen LogP contribution in [0.15, 0.2) is 4.52 Å². The van der Waals surface area contributed by atoms with Crippen molar-refractivity contribution in [2.24, 2.45) is 0 Å². The van der Waals surface area contributed by atoms with Crippen molar-refractivity contribution >= 4 is 5.97 Å². The minimum absolute atomic E-state index is 0.269. The van der Waals surface area contributed by atoms with Gasteiger partial charge in [-0.1, -0.05) is 12.1 Å². The fraction of sp³-hybridized carbons (Fsp3) is 0.769. The van der Waals surface area contributed by atoms with Crippen LogP contribution in [0.5, 0.6) is 0 Å². The van der Waals surface area contributed by atoms with Crippen LogP contribution in [0.3, 0.4) is 0 Å². The number of hydrogen-bond acceptors (Lipinski definition) is 6. The number of esters is 1. The molecule has 0 aliphatic carbocycles. The molecule has 0 saturated carbocycles. The molecule has 2 rings (SSSR count). The Morgan fingerprint density at radius 1 is 1.42 bits per heavy atom. The van der Waals surface area contributed by atoms with Gasteiger partial charge in [-0.25, -0.2) is 0 Å². The Labute approximate surface area is 112 Å². The van der Waals surface area contributed by atoms with Crippen LogP contribution >= 0.6 is 0 Å². The van der Waals surface area contributed by atoms with Crippen LogP contribution in [0.25, 0.3) is 0 Å². The van der Waals surface area contributed by atoms with Crippen molar-refractivity contribution in [2.45, 2.75) is 44.9 Å². The maximum atomic E-state index is 11.8. The first kappa shape index (κ1) is 14.0. The average molecular weight is 268 g/mol. The molecule has 106 valence electrons. The second kappa shape index (κ2) is 6.65. The highest BCUT2D eigenvalue weighted by Gasteiger charge is 2.28. The Kier molecular flexibility index (Phi) is 4.90. The van der Waals surface area contributed by atoms with Gasteiger partial charge in [-0.2, -0.15) is 4.98 Å². The number of carbonyl (C=O) groups is 1. The first-order chi connectivity index (χ1) is 9.26. The lowest BCUT2D eigenvalue weighted by Crippen LogP contribution is -2.17. The van der Waals surface area contributed by atoms with E-state index in [9.17, 15) is 4.79 Å². The molecule has 6 nitrogen and oxygen atoms in total. The van der Waals surface area contributed by atoms with Gasteiger partial charge >= 0.3 is 5.97 Å². The number of nitrogens with zero attached hydrogens (tertiary/aromatic N) is 2. The maximum absolute atomic E-state index is 11.8. The van der Waals surface area contributed by atoms with Crippen LogP contribution in [-0.2, 0) is 14.3 Å². The highest BCUT2D eigenvalue weighted by Crippen LogP contribution is 2.27. The molecular formula is C13H20N2O4. The molecule has 0 amide bonds. The first-order valence-corrected chi connectivity index (χ1v) is 6.84. The summed E-state index contributed by atoms with van der Waals surface area (Å²) < 4.78 is 15.6. The van der Waals surface area contributed by atoms with E-state index in [1.165, 1.54) is 0 Å². The van der Waals surface area contributed by atoms with E-state index in [-0.39, 0.29) is 11.9 Å². The molecular weight excluding hydrogens is 248 g/mol. The van der Waals surface area contributed by atoms with Gasteiger partial charge in [0.2, 0.25) is 5.89 Å². The second-order valence-corrected chi connectivity index (χ2v) is 4.59. The van der Waals surface area contributed by atoms with E-state index in [1.807, 2.05) is 6.92 Å². The first-order valence-electron chi connectivity index (χ1n) is 6.84. The van der Waals surface area contributed by atoms with Crippen LogP contribution in [0.1, 0.15) is 56.7 Å². The van der Waals surface area contributed by atoms with E-state index >= 15 is 0 Å². The van der Waals surface area contributed by atoms with Crippen molar-refractivity contribution in [3.05, 3.63) is 11.7 Å². The monoisotopic (exact) mass is 268 g/mol. The normalized spacial score (nSPS) is 18.2. The summed E-state index contributed by atoms with van der Waals surface area (Å²) in [6, 6.07) is 0. The molecule has 19 heavy (non-hydrogen) atoms. The maximum Gasteiger partial charge on any atom is 0.318 e. The van der Waals surface area contributed by atoms with Crippen molar-refractivity contribution in [3.63, 3.8) is 0 Å². The third kappa shape index (κ3) is 3.32. The van der Waals surface area contributed by atoms with E-state index in [2.05, 4.69) is 10.1 Å². The minimum Gasteiger partial charge on any atom is -0.465 e. The van der Waals surface area contributed by atoms with Gasteiger partial charge in [0, 0.05) is 19.1 Å². The Morgan fingerprint density at radius 2 is 2.16 bits per heavy atom. The number of ether oxygens (including phenoxy) is 2. The van der Waals surface area contributed by atoms with Gasteiger partial charge in [0.15, 0.2) is 5.82 Å². The van der Waals surface area contributed by atoms with Crippen molar-refractivity contribution < 1.29 is 18.8 Å². The third-order valence-electron chi connectivity index (χ3n) is 3.32. The third-order valence-corrected chi connectivity index (χ3v) is 3.32. The summed E-state index contributed by atoms with van der Waals surface area (Å²) in [6.45, 7) is 5.50. The summed E-state index contributed by atoms with van der Waals surface area (Å²) in [6.07, 6.45) is 2.39. The highest BCUT2D eigenvalue weighted by atomic mass is 16.5. The Morgan fingerprint density at radius 3 is 2.79 bits per heavy atom. The zero-order valence-corrected chi connectivity index (χ0v) is 11.4. The molecule has 0 N–H and O–H groups in total. The molecule has 2 heterocycles. The second-order valence-electron chi connectivity index (χ2n) is 4.59. The SMILES string of the molecule is CCOC(=O)C(CC)c1nc(C2CCOCC2)no1. The quantitative estimate of drug-likeness (QED) is 0.760. The van der Waals surface area contributed by atoms with Gasteiger partial charge in [-0.3, -0.25) is 4.79 Å². The van der Waals surface area contributed by atoms with Crippen molar-refractivity contribution in [1.29, 1.82) is 0 Å². The molecule has 1 fully saturated rings. The molecule has 0 bridgehead atoms. The van der Waals surface area contributed by atoms with E-state index < -0.39 is 5.92 Å². The molecule has 1 unspecified atom stereocenters. The van der Waals surface area contributed by atoms with Crippen molar-refractivity contribution in [1.82, 2.24) is 10.1 Å². The van der Waals surface area contributed by atoms with Crippen molar-refractivity contribution in [3.8, 4) is 0 Å². The van der Waals surface area contributed by atoms with Gasteiger partial charge in [-0.15, -0.1) is 0 Å². The number of hydrogen-bond donors (Lipinski definition) is 0. The number of aromatic nitrogens is 2. The number of carbonyl (C=O) groups excluding carboxylic acids is 1. The largest absolute Gasteiger partial charge is 0.465 e. The van der Waals surface area contributed by atoms with Crippen LogP contribution in [-0.4, -0.2) is 35.9 Å². The van der Waals surface area contributed by atoms with E-state index in [0.717, 1.165) is 26.1 Å². The van der Waals surface area contributed by atoms with Gasteiger partial charge < -0.3 is 14.0 Å². The van der Waals surface area contributed by atoms with Crippen LogP contribution in [0.4, 0.5) is 0 Å². The Hall–Kier alpha value is -1.43. The average Bonchev–Trinajstić information content (AvgIpc) is 2.90. The molecule has 1 aliphatic heterocycles. The van der Waals surface area contributed by atoms with Crippen LogP contribution in [0.2, 0.25) is 0 Å². The van der Waals surface area contributed by atoms with Gasteiger partial charge in [0.1, 0.15) is 5.92 Å². The Balaban J connectivity index is 2.07. The smallest absolute Gasteiger partial charge is 0.318 e. The Bertz CT molecular complexity index is 413. The topological polar surface area (TPSA) is 74.5 Å². The van der Waals surface area contributed by atoms with Gasteiger partial charge in [-0.05, 0) is 26.2 Å². The lowest BCUT2D eigenvalue weighted by atomic mass is 10.00. The minimum atomic E-state index is -0.457. The summed E-state index contributed by atoms with van der Waals surface area (Å²) >= 11 is 0. The molecule has 0 radical (unpaired) electrons. The van der Waals surface area contributed by atoms with Crippen LogP contribution < -0.4 is 0 Å². The van der Waals surface area contributed by atoms with Crippen LogP contribution in [0, 0.1) is 0 Å². The summed E-state index contributed by atoms with van der Waals surface area (Å²) in [5.74, 6) is 0.558. The predicted octanol–water partition coefficient (Wildman–Crippen LogP) is 2.02. The van der Waals surface area contributed by atoms with Crippen molar-refractivity contribution in [2.75, 3.05) is 19.8 Å². The van der Waals surface area contributed by atoms with E-state index in [0.29, 0.717) is 24.7 Å². The summed E-state index contributed by atoms with van der Waals surface area (Å²) in [7, 11) is 0. The fourth-order valence-electron chi connectivity index (χ4n) is 2.20. The summed E-state index contributed by atoms with van der Waals surface area (Å²) in [5, 5.41) is 4.00. The molecule has 1 aromatic rings. The zero-order valence-electron chi connectivity index (χ0n) is 11.4. The fourth-order valence-corrected chi connectivity index (χ4v) is 2.20. The van der Waals surface area contributed by atoms with Gasteiger partial charge in [0.25, 0.3) is 0 Å². The molecule has 1 aliphatic rings. The molecule has 1 saturated heterocycles. The predicted molar refractivity (Wildman–Crippen MR) is 66.8 cm³/mol. The summed E-state index contributed by atoms with van der Waals surface area (Å²) in [4.78, 5) is 16.2. The van der Waals surface area contributed by atoms with E-state index in [4.69, 9.17) is 14.0 Å². The van der Waals surface area contributed by atoms with Gasteiger partial charge in [0.05, 0.1) is 6.61 Å². The zero-order chi connectivity index (χ0) is 13.7. The lowest BCUT2D eigenvalue weighted by Gasteiger charge is -2.18. The lowest BCUT2D eigenvalue weighted by molar-refractivity contribution is -0.145. The highest BCUT2D eigenvalue weighted by molar-refractivity contribution is 5.76. The molecule has 0 spiro atoms. The molecule has 1 atom stereocenters. The molecule has 0 aromatic carbocycles. The van der Waals surface area contributed by atoms with E-state index in [1.54, 1.807) is 6.92 Å². The number of rotatable bonds is 5. The standard InChI is InChI=1S/C13H20N2O4/c1-3-10(13(16)18-4-2)12-14-11(15-19-12)9-5-7-17-8-6-9/h9-10H,3-8H2,1-2H3. The molecule has 6 heteroatoms. The summed E-state index contributed by atoms with van der Waals surface area (Å²) in [5.41, 5.74) is 0.